The molecule has 0 saturated heterocycles. The Morgan fingerprint density at radius 2 is 1.71 bits per heavy atom. The molecule has 1 N–H and O–H groups in total. The van der Waals surface area contributed by atoms with Gasteiger partial charge in [-0.25, -0.2) is 9.18 Å². The lowest BCUT2D eigenvalue weighted by atomic mass is 10.2. The molecule has 6 heteroatoms. The molecule has 0 radical (unpaired) electrons. The van der Waals surface area contributed by atoms with Crippen molar-refractivity contribution >= 4 is 43.9 Å². The summed E-state index contributed by atoms with van der Waals surface area (Å²) in [5, 5.41) is 8.69. The summed E-state index contributed by atoms with van der Waals surface area (Å²) in [6.45, 7) is 0. The van der Waals surface area contributed by atoms with Gasteiger partial charge in [0, 0.05) is 20.6 Å². The molecule has 0 aliphatic rings. The van der Waals surface area contributed by atoms with E-state index in [4.69, 9.17) is 9.84 Å². The van der Waals surface area contributed by atoms with Gasteiger partial charge in [-0.2, -0.15) is 0 Å². The van der Waals surface area contributed by atoms with Gasteiger partial charge in [-0.3, -0.25) is 0 Å². The van der Waals surface area contributed by atoms with E-state index < -0.39 is 11.8 Å². The highest BCUT2D eigenvalue weighted by Crippen LogP contribution is 2.31. The van der Waals surface area contributed by atoms with Crippen LogP contribution in [0.1, 0.15) is 5.56 Å². The van der Waals surface area contributed by atoms with E-state index in [1.54, 1.807) is 24.3 Å². The summed E-state index contributed by atoms with van der Waals surface area (Å²) in [6.07, 6.45) is 2.38. The second kappa shape index (κ2) is 6.87. The Morgan fingerprint density at radius 1 is 1.10 bits per heavy atom. The maximum absolute atomic E-state index is 13.8. The van der Waals surface area contributed by atoms with Gasteiger partial charge in [0.25, 0.3) is 0 Å². The van der Waals surface area contributed by atoms with Crippen LogP contribution in [0.25, 0.3) is 6.08 Å². The zero-order chi connectivity index (χ0) is 15.4. The number of hydrogen-bond acceptors (Lipinski definition) is 2. The zero-order valence-corrected chi connectivity index (χ0v) is 13.7. The van der Waals surface area contributed by atoms with Gasteiger partial charge in [0.15, 0.2) is 11.6 Å². The van der Waals surface area contributed by atoms with Crippen LogP contribution in [0.5, 0.6) is 11.5 Å². The second-order valence-electron chi connectivity index (χ2n) is 4.03. The molecule has 2 aromatic rings. The maximum Gasteiger partial charge on any atom is 0.328 e. The van der Waals surface area contributed by atoms with E-state index in [-0.39, 0.29) is 5.75 Å². The molecule has 0 unspecified atom stereocenters. The third-order valence-corrected chi connectivity index (χ3v) is 3.48. The van der Waals surface area contributed by atoms with E-state index in [0.717, 1.165) is 10.5 Å². The number of carboxylic acids is 1. The highest BCUT2D eigenvalue weighted by molar-refractivity contribution is 9.10. The van der Waals surface area contributed by atoms with Crippen molar-refractivity contribution in [3.05, 3.63) is 62.8 Å². The van der Waals surface area contributed by atoms with E-state index in [1.165, 1.54) is 18.2 Å². The van der Waals surface area contributed by atoms with Crippen molar-refractivity contribution < 1.29 is 19.0 Å². The van der Waals surface area contributed by atoms with E-state index in [2.05, 4.69) is 31.9 Å². The first kappa shape index (κ1) is 15.7. The Bertz CT molecular complexity index is 714. The van der Waals surface area contributed by atoms with Gasteiger partial charge in [0.05, 0.1) is 0 Å². The van der Waals surface area contributed by atoms with Gasteiger partial charge in [-0.1, -0.05) is 31.9 Å². The monoisotopic (exact) mass is 414 g/mol. The van der Waals surface area contributed by atoms with Gasteiger partial charge in [0.1, 0.15) is 5.75 Å². The molecule has 0 bridgehead atoms. The molecule has 0 spiro atoms. The predicted octanol–water partition coefficient (Wildman–Crippen LogP) is 5.24. The molecule has 0 atom stereocenters. The van der Waals surface area contributed by atoms with Crippen molar-refractivity contribution in [3.8, 4) is 11.5 Å². The summed E-state index contributed by atoms with van der Waals surface area (Å²) < 4.78 is 20.7. The number of hydrogen-bond donors (Lipinski definition) is 1. The SMILES string of the molecule is O=C(O)/C=C/c1cc(Br)ccc1Oc1ccc(Br)cc1F. The van der Waals surface area contributed by atoms with E-state index in [9.17, 15) is 9.18 Å². The summed E-state index contributed by atoms with van der Waals surface area (Å²) >= 11 is 6.46. The van der Waals surface area contributed by atoms with Crippen molar-refractivity contribution in [1.82, 2.24) is 0 Å². The molecule has 0 aliphatic heterocycles. The number of carbonyl (C=O) groups is 1. The Balaban J connectivity index is 2.37. The first-order valence-electron chi connectivity index (χ1n) is 5.79. The van der Waals surface area contributed by atoms with E-state index in [1.807, 2.05) is 0 Å². The minimum atomic E-state index is -1.07. The molecular formula is C15H9Br2FO3. The van der Waals surface area contributed by atoms with Gasteiger partial charge in [-0.15, -0.1) is 0 Å². The van der Waals surface area contributed by atoms with Crippen LogP contribution in [0, 0.1) is 5.82 Å². The molecular weight excluding hydrogens is 407 g/mol. The third-order valence-electron chi connectivity index (χ3n) is 2.49. The molecule has 0 saturated carbocycles. The van der Waals surface area contributed by atoms with E-state index >= 15 is 0 Å². The summed E-state index contributed by atoms with van der Waals surface area (Å²) in [5.74, 6) is -1.17. The van der Waals surface area contributed by atoms with Crippen LogP contribution in [0.3, 0.4) is 0 Å². The maximum atomic E-state index is 13.8. The highest BCUT2D eigenvalue weighted by atomic mass is 79.9. The molecule has 2 rings (SSSR count). The number of rotatable bonds is 4. The lowest BCUT2D eigenvalue weighted by molar-refractivity contribution is -0.131. The normalized spacial score (nSPS) is 10.8. The summed E-state index contributed by atoms with van der Waals surface area (Å²) in [7, 11) is 0. The fraction of sp³-hybridized carbons (Fsp3) is 0. The Morgan fingerprint density at radius 3 is 2.33 bits per heavy atom. The molecule has 0 fully saturated rings. The molecule has 21 heavy (non-hydrogen) atoms. The van der Waals surface area contributed by atoms with Crippen LogP contribution in [-0.2, 0) is 4.79 Å². The standard InChI is InChI=1S/C15H9Br2FO3/c16-10-2-4-13(9(7-10)1-6-15(19)20)21-14-5-3-11(17)8-12(14)18/h1-8H,(H,19,20)/b6-1+. The topological polar surface area (TPSA) is 46.5 Å². The average Bonchev–Trinajstić information content (AvgIpc) is 2.41. The summed E-state index contributed by atoms with van der Waals surface area (Å²) in [5.41, 5.74) is 0.522. The van der Waals surface area contributed by atoms with Gasteiger partial charge >= 0.3 is 5.97 Å². The molecule has 108 valence electrons. The first-order chi connectivity index (χ1) is 9.95. The smallest absolute Gasteiger partial charge is 0.328 e. The van der Waals surface area contributed by atoms with Crippen LogP contribution >= 0.6 is 31.9 Å². The van der Waals surface area contributed by atoms with Gasteiger partial charge in [0.2, 0.25) is 0 Å². The van der Waals surface area contributed by atoms with Gasteiger partial charge < -0.3 is 9.84 Å². The van der Waals surface area contributed by atoms with Crippen molar-refractivity contribution in [1.29, 1.82) is 0 Å². The lowest BCUT2D eigenvalue weighted by Gasteiger charge is -2.10. The molecule has 0 heterocycles. The van der Waals surface area contributed by atoms with Crippen molar-refractivity contribution in [2.45, 2.75) is 0 Å². The number of carboxylic acid groups (broad SMARTS) is 1. The fourth-order valence-electron chi connectivity index (χ4n) is 1.58. The molecule has 3 nitrogen and oxygen atoms in total. The minimum absolute atomic E-state index is 0.0606. The van der Waals surface area contributed by atoms with Crippen molar-refractivity contribution in [3.63, 3.8) is 0 Å². The third kappa shape index (κ3) is 4.41. The Labute approximate surface area is 137 Å². The minimum Gasteiger partial charge on any atom is -0.478 e. The van der Waals surface area contributed by atoms with Crippen LogP contribution in [-0.4, -0.2) is 11.1 Å². The number of benzene rings is 2. The lowest BCUT2D eigenvalue weighted by Crippen LogP contribution is -1.92. The summed E-state index contributed by atoms with van der Waals surface area (Å²) in [4.78, 5) is 10.6. The molecule has 0 aliphatic carbocycles. The average molecular weight is 416 g/mol. The quantitative estimate of drug-likeness (QED) is 0.694. The molecule has 2 aromatic carbocycles. The Hall–Kier alpha value is -1.66. The van der Waals surface area contributed by atoms with Crippen LogP contribution < -0.4 is 4.74 Å². The zero-order valence-electron chi connectivity index (χ0n) is 10.5. The van der Waals surface area contributed by atoms with E-state index in [0.29, 0.717) is 15.8 Å². The second-order valence-corrected chi connectivity index (χ2v) is 5.86. The van der Waals surface area contributed by atoms with Crippen molar-refractivity contribution in [2.75, 3.05) is 0 Å². The number of halogens is 3. The van der Waals surface area contributed by atoms with Crippen molar-refractivity contribution in [2.24, 2.45) is 0 Å². The predicted molar refractivity (Wildman–Crippen MR) is 85.0 cm³/mol. The first-order valence-corrected chi connectivity index (χ1v) is 7.38. The van der Waals surface area contributed by atoms with Crippen LogP contribution in [0.4, 0.5) is 4.39 Å². The number of aliphatic carboxylic acids is 1. The van der Waals surface area contributed by atoms with Gasteiger partial charge in [-0.05, 0) is 42.5 Å². The molecule has 0 amide bonds. The Kier molecular flexibility index (Phi) is 5.14. The molecule has 0 aromatic heterocycles. The van der Waals surface area contributed by atoms with Crippen LogP contribution in [0.2, 0.25) is 0 Å². The number of ether oxygens (including phenoxy) is 1. The van der Waals surface area contributed by atoms with Crippen LogP contribution in [0.15, 0.2) is 51.4 Å². The largest absolute Gasteiger partial charge is 0.478 e. The fourth-order valence-corrected chi connectivity index (χ4v) is 2.29. The summed E-state index contributed by atoms with van der Waals surface area (Å²) in [6, 6.07) is 9.49. The highest BCUT2D eigenvalue weighted by Gasteiger charge is 2.08.